The van der Waals surface area contributed by atoms with E-state index in [1.807, 2.05) is 0 Å². The first-order valence-corrected chi connectivity index (χ1v) is 9.52. The topological polar surface area (TPSA) is 52.6 Å². The summed E-state index contributed by atoms with van der Waals surface area (Å²) in [6, 6.07) is 0. The number of rotatable bonds is 16. The number of carbonyl (C=O) groups excluding carboxylic acids is 2. The molecule has 0 saturated heterocycles. The molecule has 0 fully saturated rings. The zero-order chi connectivity index (χ0) is 17.2. The Bertz CT molecular complexity index is 289. The van der Waals surface area contributed by atoms with Crippen molar-refractivity contribution < 1.29 is 19.1 Å². The molecule has 4 heteroatoms. The summed E-state index contributed by atoms with van der Waals surface area (Å²) in [5.74, 6) is -0.292. The van der Waals surface area contributed by atoms with Gasteiger partial charge >= 0.3 is 11.9 Å². The van der Waals surface area contributed by atoms with Crippen LogP contribution >= 0.6 is 0 Å². The number of ether oxygens (including phenoxy) is 2. The van der Waals surface area contributed by atoms with Crippen molar-refractivity contribution in [1.29, 1.82) is 0 Å². The van der Waals surface area contributed by atoms with Crippen LogP contribution in [0.2, 0.25) is 0 Å². The van der Waals surface area contributed by atoms with Gasteiger partial charge in [0.05, 0.1) is 13.2 Å². The third-order valence-corrected chi connectivity index (χ3v) is 3.78. The molecular weight excluding hydrogens is 292 g/mol. The van der Waals surface area contributed by atoms with E-state index in [4.69, 9.17) is 9.47 Å². The van der Waals surface area contributed by atoms with Crippen molar-refractivity contribution in [3.05, 3.63) is 0 Å². The molecule has 0 aromatic rings. The molecule has 0 atom stereocenters. The molecule has 0 saturated carbocycles. The summed E-state index contributed by atoms with van der Waals surface area (Å²) in [4.78, 5) is 23.0. The number of hydrogen-bond acceptors (Lipinski definition) is 4. The van der Waals surface area contributed by atoms with E-state index in [1.54, 1.807) is 0 Å². The highest BCUT2D eigenvalue weighted by Gasteiger charge is 2.06. The molecule has 0 aromatic carbocycles. The Morgan fingerprint density at radius 3 is 1.39 bits per heavy atom. The van der Waals surface area contributed by atoms with Crippen LogP contribution in [0.4, 0.5) is 0 Å². The third kappa shape index (κ3) is 17.1. The first-order chi connectivity index (χ1) is 11.2. The summed E-state index contributed by atoms with van der Waals surface area (Å²) in [5.41, 5.74) is 0. The molecule has 136 valence electrons. The number of hydrogen-bond donors (Lipinski definition) is 0. The fourth-order valence-corrected chi connectivity index (χ4v) is 2.29. The SMILES string of the molecule is CCCCCCCOC(=O)CCCCC(=O)OCCCCCC. The summed E-state index contributed by atoms with van der Waals surface area (Å²) in [6.45, 7) is 5.40. The van der Waals surface area contributed by atoms with Crippen molar-refractivity contribution in [2.24, 2.45) is 0 Å². The number of carbonyl (C=O) groups is 2. The Morgan fingerprint density at radius 2 is 0.957 bits per heavy atom. The van der Waals surface area contributed by atoms with Crippen LogP contribution < -0.4 is 0 Å². The predicted octanol–water partition coefficient (Wildman–Crippen LogP) is 5.18. The average Bonchev–Trinajstić information content (AvgIpc) is 2.54. The maximum absolute atomic E-state index is 11.5. The molecule has 0 aliphatic rings. The van der Waals surface area contributed by atoms with Gasteiger partial charge in [-0.15, -0.1) is 0 Å². The van der Waals surface area contributed by atoms with Crippen LogP contribution in [0.1, 0.15) is 97.3 Å². The van der Waals surface area contributed by atoms with Gasteiger partial charge in [-0.25, -0.2) is 0 Å². The lowest BCUT2D eigenvalue weighted by Gasteiger charge is -2.06. The highest BCUT2D eigenvalue weighted by atomic mass is 16.5. The van der Waals surface area contributed by atoms with Gasteiger partial charge in [-0.3, -0.25) is 9.59 Å². The van der Waals surface area contributed by atoms with Crippen LogP contribution in [0.25, 0.3) is 0 Å². The van der Waals surface area contributed by atoms with E-state index in [1.165, 1.54) is 32.1 Å². The predicted molar refractivity (Wildman–Crippen MR) is 93.3 cm³/mol. The van der Waals surface area contributed by atoms with E-state index in [9.17, 15) is 9.59 Å². The molecule has 0 unspecified atom stereocenters. The van der Waals surface area contributed by atoms with Gasteiger partial charge in [-0.05, 0) is 25.7 Å². The molecule has 0 spiro atoms. The van der Waals surface area contributed by atoms with Crippen LogP contribution in [0.15, 0.2) is 0 Å². The Morgan fingerprint density at radius 1 is 0.565 bits per heavy atom. The Balaban J connectivity index is 3.32. The van der Waals surface area contributed by atoms with Crippen LogP contribution in [-0.2, 0) is 19.1 Å². The lowest BCUT2D eigenvalue weighted by atomic mass is 10.2. The van der Waals surface area contributed by atoms with Gasteiger partial charge in [-0.2, -0.15) is 0 Å². The van der Waals surface area contributed by atoms with E-state index in [2.05, 4.69) is 13.8 Å². The van der Waals surface area contributed by atoms with Gasteiger partial charge in [0.1, 0.15) is 0 Å². The maximum atomic E-state index is 11.5. The summed E-state index contributed by atoms with van der Waals surface area (Å²) in [5, 5.41) is 0. The molecule has 23 heavy (non-hydrogen) atoms. The molecule has 0 aromatic heterocycles. The van der Waals surface area contributed by atoms with E-state index in [0.717, 1.165) is 25.7 Å². The minimum absolute atomic E-state index is 0.145. The van der Waals surface area contributed by atoms with Gasteiger partial charge < -0.3 is 9.47 Å². The Hall–Kier alpha value is -1.06. The van der Waals surface area contributed by atoms with Crippen molar-refractivity contribution in [3.8, 4) is 0 Å². The molecule has 0 bridgehead atoms. The van der Waals surface area contributed by atoms with Crippen molar-refractivity contribution in [2.45, 2.75) is 97.3 Å². The second-order valence-corrected chi connectivity index (χ2v) is 6.12. The van der Waals surface area contributed by atoms with E-state index >= 15 is 0 Å². The van der Waals surface area contributed by atoms with Crippen molar-refractivity contribution >= 4 is 11.9 Å². The van der Waals surface area contributed by atoms with Gasteiger partial charge in [0.15, 0.2) is 0 Å². The first-order valence-electron chi connectivity index (χ1n) is 9.52. The Kier molecular flexibility index (Phi) is 16.5. The van der Waals surface area contributed by atoms with Crippen LogP contribution in [0, 0.1) is 0 Å². The van der Waals surface area contributed by atoms with Crippen LogP contribution in [0.5, 0.6) is 0 Å². The molecule has 0 heterocycles. The average molecular weight is 328 g/mol. The first kappa shape index (κ1) is 21.9. The summed E-state index contributed by atoms with van der Waals surface area (Å²) in [7, 11) is 0. The molecule has 0 N–H and O–H groups in total. The Labute approximate surface area is 142 Å². The van der Waals surface area contributed by atoms with Crippen LogP contribution in [-0.4, -0.2) is 25.2 Å². The normalized spacial score (nSPS) is 10.5. The lowest BCUT2D eigenvalue weighted by Crippen LogP contribution is -2.08. The summed E-state index contributed by atoms with van der Waals surface area (Å²) < 4.78 is 10.3. The van der Waals surface area contributed by atoms with Gasteiger partial charge in [0.25, 0.3) is 0 Å². The van der Waals surface area contributed by atoms with Crippen molar-refractivity contribution in [3.63, 3.8) is 0 Å². The summed E-state index contributed by atoms with van der Waals surface area (Å²) in [6.07, 6.45) is 12.4. The quantitative estimate of drug-likeness (QED) is 0.289. The highest BCUT2D eigenvalue weighted by molar-refractivity contribution is 5.70. The monoisotopic (exact) mass is 328 g/mol. The molecule has 0 radical (unpaired) electrons. The molecule has 0 amide bonds. The largest absolute Gasteiger partial charge is 0.466 e. The van der Waals surface area contributed by atoms with Crippen LogP contribution in [0.3, 0.4) is 0 Å². The lowest BCUT2D eigenvalue weighted by molar-refractivity contribution is -0.146. The summed E-state index contributed by atoms with van der Waals surface area (Å²) >= 11 is 0. The molecule has 0 rings (SSSR count). The fraction of sp³-hybridized carbons (Fsp3) is 0.895. The zero-order valence-electron chi connectivity index (χ0n) is 15.2. The maximum Gasteiger partial charge on any atom is 0.305 e. The van der Waals surface area contributed by atoms with Crippen molar-refractivity contribution in [1.82, 2.24) is 0 Å². The molecular formula is C19H36O4. The fourth-order valence-electron chi connectivity index (χ4n) is 2.29. The highest BCUT2D eigenvalue weighted by Crippen LogP contribution is 2.06. The van der Waals surface area contributed by atoms with E-state index in [-0.39, 0.29) is 11.9 Å². The molecule has 0 aliphatic carbocycles. The minimum atomic E-state index is -0.147. The van der Waals surface area contributed by atoms with E-state index < -0.39 is 0 Å². The van der Waals surface area contributed by atoms with Gasteiger partial charge in [0, 0.05) is 12.8 Å². The van der Waals surface area contributed by atoms with E-state index in [0.29, 0.717) is 38.9 Å². The molecule has 0 aliphatic heterocycles. The van der Waals surface area contributed by atoms with Crippen molar-refractivity contribution in [2.75, 3.05) is 13.2 Å². The second kappa shape index (κ2) is 17.3. The smallest absolute Gasteiger partial charge is 0.305 e. The zero-order valence-corrected chi connectivity index (χ0v) is 15.2. The second-order valence-electron chi connectivity index (χ2n) is 6.12. The van der Waals surface area contributed by atoms with Gasteiger partial charge in [0.2, 0.25) is 0 Å². The standard InChI is InChI=1S/C19H36O4/c1-3-5-7-9-13-17-23-19(21)15-11-10-14-18(20)22-16-12-8-6-4-2/h3-17H2,1-2H3. The molecule has 4 nitrogen and oxygen atoms in total. The number of esters is 2. The third-order valence-electron chi connectivity index (χ3n) is 3.78. The minimum Gasteiger partial charge on any atom is -0.466 e. The van der Waals surface area contributed by atoms with Gasteiger partial charge in [-0.1, -0.05) is 58.8 Å². The number of unbranched alkanes of at least 4 members (excludes halogenated alkanes) is 8.